The number of carbonyl (C=O) groups is 2. The van der Waals surface area contributed by atoms with E-state index in [-0.39, 0.29) is 65.7 Å². The molecule has 0 aliphatic carbocycles. The molecule has 0 radical (unpaired) electrons. The molecule has 0 unspecified atom stereocenters. The number of anilines is 6. The van der Waals surface area contributed by atoms with E-state index >= 15 is 0 Å². The first-order chi connectivity index (χ1) is 37.1. The molecule has 2 heterocycles. The van der Waals surface area contributed by atoms with E-state index in [1.807, 2.05) is 0 Å². The van der Waals surface area contributed by atoms with Crippen LogP contribution < -0.4 is 40.6 Å². The van der Waals surface area contributed by atoms with E-state index in [1.54, 1.807) is 0 Å². The van der Waals surface area contributed by atoms with Crippen LogP contribution in [0.25, 0.3) is 21.8 Å². The van der Waals surface area contributed by atoms with Crippen molar-refractivity contribution >= 4 is 119 Å². The number of carbonyl (C=O) groups excluding carboxylic acids is 2. The standard InChI is InChI=1S/C46H36N14O14S4/c61-45(57-41-12-4-14-43(59(63)64)39(41)27-47-57)51-49-29-16-20-31(21-17-29)53-75(67,68)35-8-1-6-33(24-35)55-77(71,72)37-10-3-11-38(26-37)78(73,74)56-34-7-2-9-36(25-34)76(69,70)54-32-22-18-30(19-23-32)50-52-46(62)58-42-13-5-15-44(60(65)66)40(42)28-48-58/h1-28,49-50,53-56H,(H,51,61)(H,52,62). The highest BCUT2D eigenvalue weighted by Gasteiger charge is 2.24. The van der Waals surface area contributed by atoms with E-state index < -0.39 is 71.8 Å². The maximum atomic E-state index is 13.6. The van der Waals surface area contributed by atoms with E-state index in [1.165, 1.54) is 134 Å². The van der Waals surface area contributed by atoms with Crippen LogP contribution in [0.5, 0.6) is 0 Å². The number of rotatable bonds is 18. The lowest BCUT2D eigenvalue weighted by molar-refractivity contribution is -0.383. The molecule has 8 N–H and O–H groups in total. The summed E-state index contributed by atoms with van der Waals surface area (Å²) in [5, 5.41) is 30.8. The lowest BCUT2D eigenvalue weighted by Crippen LogP contribution is -2.33. The van der Waals surface area contributed by atoms with Gasteiger partial charge in [-0.05, 0) is 115 Å². The monoisotopic (exact) mass is 1140 g/mol. The van der Waals surface area contributed by atoms with Gasteiger partial charge in [0.2, 0.25) is 0 Å². The highest BCUT2D eigenvalue weighted by atomic mass is 32.2. The van der Waals surface area contributed by atoms with Crippen molar-refractivity contribution in [3.8, 4) is 0 Å². The Balaban J connectivity index is 0.795. The number of nitrogens with zero attached hydrogens (tertiary/aromatic N) is 6. The number of non-ortho nitro benzene ring substituents is 2. The molecule has 0 saturated heterocycles. The quantitative estimate of drug-likeness (QED) is 0.0332. The second kappa shape index (κ2) is 20.9. The fourth-order valence-electron chi connectivity index (χ4n) is 7.43. The number of hydrazine groups is 2. The molecule has 2 aromatic heterocycles. The zero-order valence-corrected chi connectivity index (χ0v) is 42.5. The molecule has 2 amide bonds. The predicted octanol–water partition coefficient (Wildman–Crippen LogP) is 6.58. The SMILES string of the molecule is O=C(NNc1ccc(NS(=O)(=O)c2cccc(NS(=O)(=O)c3cccc(S(=O)(=O)Nc4cccc(S(=O)(=O)Nc5ccc(NNC(=O)n6ncc7c([N+](=O)[O-])cccc76)cc5)c4)c3)c2)cc1)n1ncc2c([N+](=O)[O-])cccc21. The second-order valence-corrected chi connectivity index (χ2v) is 23.0. The van der Waals surface area contributed by atoms with Crippen LogP contribution in [0.2, 0.25) is 0 Å². The van der Waals surface area contributed by atoms with Crippen LogP contribution in [-0.4, -0.2) is 75.1 Å². The molecule has 7 aromatic carbocycles. The largest absolute Gasteiger partial charge is 0.361 e. The number of aromatic nitrogens is 4. The van der Waals surface area contributed by atoms with E-state index in [4.69, 9.17) is 0 Å². The summed E-state index contributed by atoms with van der Waals surface area (Å²) in [5.41, 5.74) is 10.3. The molecule has 28 nitrogen and oxygen atoms in total. The van der Waals surface area contributed by atoms with Gasteiger partial charge in [-0.25, -0.2) is 54.1 Å². The summed E-state index contributed by atoms with van der Waals surface area (Å²) >= 11 is 0. The molecule has 0 saturated carbocycles. The van der Waals surface area contributed by atoms with Gasteiger partial charge >= 0.3 is 12.1 Å². The van der Waals surface area contributed by atoms with Gasteiger partial charge in [0.05, 0.1) is 86.4 Å². The Labute approximate surface area is 440 Å². The number of nitrogens with one attached hydrogen (secondary N) is 8. The third-order valence-corrected chi connectivity index (χ3v) is 16.6. The summed E-state index contributed by atoms with van der Waals surface area (Å²) in [7, 11) is -17.9. The Kier molecular flexibility index (Phi) is 14.1. The first kappa shape index (κ1) is 52.7. The Hall–Kier alpha value is -10.2. The Morgan fingerprint density at radius 2 is 0.705 bits per heavy atom. The van der Waals surface area contributed by atoms with Crippen LogP contribution in [0.1, 0.15) is 0 Å². The van der Waals surface area contributed by atoms with Gasteiger partial charge in [-0.2, -0.15) is 19.6 Å². The molecule has 78 heavy (non-hydrogen) atoms. The number of benzene rings is 7. The zero-order chi connectivity index (χ0) is 55.6. The smallest absolute Gasteiger partial charge is 0.297 e. The van der Waals surface area contributed by atoms with Gasteiger partial charge in [0.1, 0.15) is 0 Å². The molecular weight excluding hydrogens is 1100 g/mol. The summed E-state index contributed by atoms with van der Waals surface area (Å²) in [6.45, 7) is 0. The number of fused-ring (bicyclic) bond motifs is 2. The molecule has 9 aromatic rings. The van der Waals surface area contributed by atoms with Crippen LogP contribution >= 0.6 is 0 Å². The van der Waals surface area contributed by atoms with E-state index in [0.717, 1.165) is 45.8 Å². The summed E-state index contributed by atoms with van der Waals surface area (Å²) in [5.74, 6) is 0. The van der Waals surface area contributed by atoms with Crippen LogP contribution in [0.4, 0.5) is 55.1 Å². The first-order valence-electron chi connectivity index (χ1n) is 22.0. The van der Waals surface area contributed by atoms with Crippen LogP contribution in [0.3, 0.4) is 0 Å². The van der Waals surface area contributed by atoms with Crippen molar-refractivity contribution in [2.24, 2.45) is 0 Å². The van der Waals surface area contributed by atoms with E-state index in [9.17, 15) is 63.5 Å². The molecule has 0 bridgehead atoms. The second-order valence-electron chi connectivity index (χ2n) is 16.3. The average molecular weight is 1140 g/mol. The van der Waals surface area contributed by atoms with Crippen molar-refractivity contribution in [3.05, 3.63) is 190 Å². The molecular formula is C46H36N14O14S4. The summed E-state index contributed by atoms with van der Waals surface area (Å²) in [6.07, 6.45) is 2.37. The van der Waals surface area contributed by atoms with Crippen LogP contribution in [-0.2, 0) is 40.1 Å². The van der Waals surface area contributed by atoms with Gasteiger partial charge < -0.3 is 0 Å². The molecule has 0 fully saturated rings. The summed E-state index contributed by atoms with van der Waals surface area (Å²) in [6, 6.07) is 31.6. The molecule has 9 rings (SSSR count). The highest BCUT2D eigenvalue weighted by Crippen LogP contribution is 2.29. The molecule has 0 aliphatic rings. The Morgan fingerprint density at radius 3 is 1.06 bits per heavy atom. The predicted molar refractivity (Wildman–Crippen MR) is 283 cm³/mol. The van der Waals surface area contributed by atoms with Crippen molar-refractivity contribution < 1.29 is 53.1 Å². The highest BCUT2D eigenvalue weighted by molar-refractivity contribution is 7.94. The van der Waals surface area contributed by atoms with Crippen molar-refractivity contribution in [2.45, 2.75) is 19.6 Å². The van der Waals surface area contributed by atoms with Crippen LogP contribution in [0, 0.1) is 20.2 Å². The number of nitro benzene ring substituents is 2. The normalized spacial score (nSPS) is 11.8. The lowest BCUT2D eigenvalue weighted by atomic mass is 10.2. The zero-order valence-electron chi connectivity index (χ0n) is 39.2. The minimum Gasteiger partial charge on any atom is -0.297 e. The topological polar surface area (TPSA) is 389 Å². The third kappa shape index (κ3) is 11.4. The molecule has 398 valence electrons. The van der Waals surface area contributed by atoms with E-state index in [0.29, 0.717) is 11.4 Å². The van der Waals surface area contributed by atoms with Crippen molar-refractivity contribution in [1.29, 1.82) is 0 Å². The maximum Gasteiger partial charge on any atom is 0.361 e. The minimum atomic E-state index is -4.58. The number of hydrogen-bond acceptors (Lipinski definition) is 18. The molecule has 0 aliphatic heterocycles. The van der Waals surface area contributed by atoms with Crippen molar-refractivity contribution in [3.63, 3.8) is 0 Å². The van der Waals surface area contributed by atoms with Gasteiger partial charge in [-0.3, -0.25) is 50.0 Å². The lowest BCUT2D eigenvalue weighted by Gasteiger charge is -2.14. The Morgan fingerprint density at radius 1 is 0.397 bits per heavy atom. The average Bonchev–Trinajstić information content (AvgIpc) is 4.09. The molecule has 32 heteroatoms. The number of amides is 2. The molecule has 0 spiro atoms. The fraction of sp³-hybridized carbons (Fsp3) is 0. The molecule has 0 atom stereocenters. The van der Waals surface area contributed by atoms with Crippen molar-refractivity contribution in [1.82, 2.24) is 30.4 Å². The third-order valence-electron chi connectivity index (χ3n) is 11.1. The van der Waals surface area contributed by atoms with Gasteiger partial charge in [0, 0.05) is 23.5 Å². The fourth-order valence-corrected chi connectivity index (χ4v) is 11.9. The van der Waals surface area contributed by atoms with Crippen LogP contribution in [0.15, 0.2) is 190 Å². The summed E-state index contributed by atoms with van der Waals surface area (Å²) in [4.78, 5) is 45.3. The maximum absolute atomic E-state index is 13.6. The first-order valence-corrected chi connectivity index (χ1v) is 28.0. The van der Waals surface area contributed by atoms with Gasteiger partial charge in [-0.1, -0.05) is 30.3 Å². The van der Waals surface area contributed by atoms with Gasteiger partial charge in [0.25, 0.3) is 51.5 Å². The number of nitro groups is 2. The number of hydrogen-bond donors (Lipinski definition) is 8. The summed E-state index contributed by atoms with van der Waals surface area (Å²) < 4.78 is 119. The number of sulfonamides is 4. The minimum absolute atomic E-state index is 0.0735. The van der Waals surface area contributed by atoms with Crippen molar-refractivity contribution in [2.75, 3.05) is 29.7 Å². The van der Waals surface area contributed by atoms with E-state index in [2.05, 4.69) is 50.8 Å². The Bertz CT molecular complexity index is 4080. The van der Waals surface area contributed by atoms with Gasteiger partial charge in [-0.15, -0.1) is 0 Å². The van der Waals surface area contributed by atoms with Gasteiger partial charge in [0.15, 0.2) is 0 Å².